The summed E-state index contributed by atoms with van der Waals surface area (Å²) in [7, 11) is 0. The van der Waals surface area contributed by atoms with Crippen molar-refractivity contribution in [1.29, 1.82) is 0 Å². The van der Waals surface area contributed by atoms with Crippen LogP contribution < -0.4 is 5.32 Å². The maximum atomic E-state index is 4.43. The van der Waals surface area contributed by atoms with Gasteiger partial charge in [0.15, 0.2) is 0 Å². The summed E-state index contributed by atoms with van der Waals surface area (Å²) in [4.78, 5) is 0. The number of hydrogen-bond acceptors (Lipinski definition) is 3. The number of nitrogens with zero attached hydrogens (tertiary/aromatic N) is 4. The topological polar surface area (TPSA) is 47.7 Å². The molecule has 0 spiro atoms. The first-order valence-electron chi connectivity index (χ1n) is 6.81. The molecule has 2 aromatic heterocycles. The zero-order valence-corrected chi connectivity index (χ0v) is 13.6. The van der Waals surface area contributed by atoms with Gasteiger partial charge in [0.1, 0.15) is 5.82 Å². The monoisotopic (exact) mass is 297 g/mol. The Morgan fingerprint density at radius 2 is 1.75 bits per heavy atom. The molecule has 2 rings (SSSR count). The summed E-state index contributed by atoms with van der Waals surface area (Å²) in [6.07, 6.45) is 3.77. The Balaban J connectivity index is 0.00000200. The van der Waals surface area contributed by atoms with Gasteiger partial charge in [-0.2, -0.15) is 10.2 Å². The van der Waals surface area contributed by atoms with Gasteiger partial charge < -0.3 is 5.32 Å². The lowest BCUT2D eigenvalue weighted by atomic mass is 10.2. The lowest BCUT2D eigenvalue weighted by molar-refractivity contribution is 0.518. The first-order valence-corrected chi connectivity index (χ1v) is 6.81. The van der Waals surface area contributed by atoms with E-state index in [0.29, 0.717) is 12.1 Å². The number of anilines is 1. The summed E-state index contributed by atoms with van der Waals surface area (Å²) >= 11 is 0. The maximum absolute atomic E-state index is 4.43. The zero-order chi connectivity index (χ0) is 14.0. The van der Waals surface area contributed by atoms with E-state index < -0.39 is 0 Å². The van der Waals surface area contributed by atoms with Gasteiger partial charge in [-0.05, 0) is 34.6 Å². The second-order valence-corrected chi connectivity index (χ2v) is 5.40. The van der Waals surface area contributed by atoms with Crippen LogP contribution in [-0.4, -0.2) is 19.6 Å². The number of rotatable bonds is 5. The van der Waals surface area contributed by atoms with Crippen molar-refractivity contribution < 1.29 is 0 Å². The highest BCUT2D eigenvalue weighted by molar-refractivity contribution is 5.85. The van der Waals surface area contributed by atoms with Crippen LogP contribution in [0.1, 0.15) is 51.0 Å². The second kappa shape index (κ2) is 6.79. The molecule has 0 aliphatic rings. The third-order valence-electron chi connectivity index (χ3n) is 3.25. The van der Waals surface area contributed by atoms with Gasteiger partial charge in [0.2, 0.25) is 0 Å². The van der Waals surface area contributed by atoms with Gasteiger partial charge >= 0.3 is 0 Å². The summed E-state index contributed by atoms with van der Waals surface area (Å²) in [5, 5.41) is 12.2. The summed E-state index contributed by atoms with van der Waals surface area (Å²) in [6, 6.07) is 2.76. The number of hydrogen-bond donors (Lipinski definition) is 1. The van der Waals surface area contributed by atoms with E-state index in [9.17, 15) is 0 Å². The summed E-state index contributed by atoms with van der Waals surface area (Å²) in [5.41, 5.74) is 2.45. The molecule has 0 amide bonds. The van der Waals surface area contributed by atoms with E-state index in [1.807, 2.05) is 23.1 Å². The molecule has 0 aliphatic heterocycles. The molecule has 0 atom stereocenters. The minimum Gasteiger partial charge on any atom is -0.366 e. The smallest absolute Gasteiger partial charge is 0.124 e. The van der Waals surface area contributed by atoms with E-state index in [1.165, 1.54) is 11.3 Å². The van der Waals surface area contributed by atoms with E-state index in [4.69, 9.17) is 0 Å². The van der Waals surface area contributed by atoms with Crippen molar-refractivity contribution in [1.82, 2.24) is 19.6 Å². The molecule has 0 saturated carbocycles. The Bertz CT molecular complexity index is 542. The van der Waals surface area contributed by atoms with Gasteiger partial charge in [-0.15, -0.1) is 12.4 Å². The number of nitrogens with one attached hydrogen (secondary N) is 1. The minimum atomic E-state index is 0. The van der Waals surface area contributed by atoms with Crippen molar-refractivity contribution in [3.05, 3.63) is 29.7 Å². The van der Waals surface area contributed by atoms with Crippen molar-refractivity contribution in [2.24, 2.45) is 0 Å². The Labute approximate surface area is 126 Å². The van der Waals surface area contributed by atoms with E-state index in [-0.39, 0.29) is 12.4 Å². The highest BCUT2D eigenvalue weighted by atomic mass is 35.5. The van der Waals surface area contributed by atoms with Crippen molar-refractivity contribution in [3.8, 4) is 0 Å². The molecule has 2 heterocycles. The van der Waals surface area contributed by atoms with E-state index in [1.54, 1.807) is 0 Å². The van der Waals surface area contributed by atoms with Gasteiger partial charge in [-0.1, -0.05) is 0 Å². The SMILES string of the molecule is Cc1c(CNc2ccnn2C(C)C)cnn1C(C)C.Cl. The number of aromatic nitrogens is 4. The molecule has 0 bridgehead atoms. The van der Waals surface area contributed by atoms with E-state index >= 15 is 0 Å². The molecule has 1 N–H and O–H groups in total. The van der Waals surface area contributed by atoms with Crippen molar-refractivity contribution in [2.75, 3.05) is 5.32 Å². The average Bonchev–Trinajstić information content (AvgIpc) is 2.92. The molecule has 0 aliphatic carbocycles. The molecule has 6 heteroatoms. The standard InChI is InChI=1S/C14H23N5.ClH/c1-10(2)18-12(5)13(9-17-18)8-15-14-6-7-16-19(14)11(3)4;/h6-7,9-11,15H,8H2,1-5H3;1H. The Morgan fingerprint density at radius 1 is 1.10 bits per heavy atom. The van der Waals surface area contributed by atoms with Crippen LogP contribution in [-0.2, 0) is 6.54 Å². The molecule has 112 valence electrons. The van der Waals surface area contributed by atoms with Gasteiger partial charge in [0.05, 0.1) is 12.4 Å². The second-order valence-electron chi connectivity index (χ2n) is 5.40. The average molecular weight is 298 g/mol. The van der Waals surface area contributed by atoms with Crippen LogP contribution >= 0.6 is 12.4 Å². The van der Waals surface area contributed by atoms with Crippen LogP contribution in [0.5, 0.6) is 0 Å². The molecular weight excluding hydrogens is 274 g/mol. The van der Waals surface area contributed by atoms with Crippen molar-refractivity contribution in [3.63, 3.8) is 0 Å². The van der Waals surface area contributed by atoms with E-state index in [2.05, 4.69) is 54.8 Å². The Hall–Kier alpha value is -1.49. The van der Waals surface area contributed by atoms with Crippen LogP contribution in [0.2, 0.25) is 0 Å². The van der Waals surface area contributed by atoms with Gasteiger partial charge in [0.25, 0.3) is 0 Å². The summed E-state index contributed by atoms with van der Waals surface area (Å²) < 4.78 is 4.04. The molecule has 5 nitrogen and oxygen atoms in total. The lowest BCUT2D eigenvalue weighted by Gasteiger charge is -2.13. The summed E-state index contributed by atoms with van der Waals surface area (Å²) in [6.45, 7) is 11.4. The molecule has 20 heavy (non-hydrogen) atoms. The fourth-order valence-electron chi connectivity index (χ4n) is 2.20. The van der Waals surface area contributed by atoms with Crippen molar-refractivity contribution in [2.45, 2.75) is 53.2 Å². The molecule has 0 saturated heterocycles. The van der Waals surface area contributed by atoms with Crippen LogP contribution in [0.4, 0.5) is 5.82 Å². The van der Waals surface area contributed by atoms with Gasteiger partial charge in [-0.25, -0.2) is 4.68 Å². The van der Waals surface area contributed by atoms with Crippen LogP contribution in [0.15, 0.2) is 18.5 Å². The quantitative estimate of drug-likeness (QED) is 0.917. The minimum absolute atomic E-state index is 0. The molecule has 0 unspecified atom stereocenters. The van der Waals surface area contributed by atoms with Crippen molar-refractivity contribution >= 4 is 18.2 Å². The normalized spacial score (nSPS) is 10.9. The predicted molar refractivity (Wildman–Crippen MR) is 84.5 cm³/mol. The maximum Gasteiger partial charge on any atom is 0.124 e. The first kappa shape index (κ1) is 16.6. The van der Waals surface area contributed by atoms with E-state index in [0.717, 1.165) is 12.4 Å². The highest BCUT2D eigenvalue weighted by Crippen LogP contribution is 2.17. The Morgan fingerprint density at radius 3 is 2.30 bits per heavy atom. The highest BCUT2D eigenvalue weighted by Gasteiger charge is 2.10. The fraction of sp³-hybridized carbons (Fsp3) is 0.571. The predicted octanol–water partition coefficient (Wildman–Crippen LogP) is 3.58. The van der Waals surface area contributed by atoms with Gasteiger partial charge in [-0.3, -0.25) is 4.68 Å². The lowest BCUT2D eigenvalue weighted by Crippen LogP contribution is -2.10. The molecule has 0 radical (unpaired) electrons. The van der Waals surface area contributed by atoms with Gasteiger partial charge in [0, 0.05) is 36.0 Å². The zero-order valence-electron chi connectivity index (χ0n) is 12.8. The molecule has 0 aromatic carbocycles. The summed E-state index contributed by atoms with van der Waals surface area (Å²) in [5.74, 6) is 1.05. The molecule has 0 fully saturated rings. The molecule has 2 aromatic rings. The third-order valence-corrected chi connectivity index (χ3v) is 3.25. The van der Waals surface area contributed by atoms with Crippen LogP contribution in [0.25, 0.3) is 0 Å². The molecular formula is C14H24ClN5. The largest absolute Gasteiger partial charge is 0.366 e. The van der Waals surface area contributed by atoms with Crippen LogP contribution in [0, 0.1) is 6.92 Å². The number of halogens is 1. The Kier molecular flexibility index (Phi) is 5.62. The van der Waals surface area contributed by atoms with Crippen LogP contribution in [0.3, 0.4) is 0 Å². The fourth-order valence-corrected chi connectivity index (χ4v) is 2.20. The third kappa shape index (κ3) is 3.33. The first-order chi connectivity index (χ1) is 9.00.